The van der Waals surface area contributed by atoms with Gasteiger partial charge in [-0.1, -0.05) is 30.3 Å². The summed E-state index contributed by atoms with van der Waals surface area (Å²) < 4.78 is 0. The number of nitrogens with one attached hydrogen (secondary N) is 1. The highest BCUT2D eigenvalue weighted by Crippen LogP contribution is 2.35. The number of nitrogens with zero attached hydrogens (tertiary/aromatic N) is 2. The Balaban J connectivity index is 1.77. The third kappa shape index (κ3) is 2.86. The first kappa shape index (κ1) is 16.7. The topological polar surface area (TPSA) is 57.9 Å². The SMILES string of the molecule is C=C1CCN(c2cccc(N)n2)C/C1=C(/C)c1ccc(Cl)c2[nH]ccc12. The monoisotopic (exact) mass is 364 g/mol. The van der Waals surface area contributed by atoms with Crippen LogP contribution in [0.25, 0.3) is 16.5 Å². The number of anilines is 2. The van der Waals surface area contributed by atoms with Gasteiger partial charge >= 0.3 is 0 Å². The Morgan fingerprint density at radius 2 is 2.12 bits per heavy atom. The first-order valence-electron chi connectivity index (χ1n) is 8.66. The smallest absolute Gasteiger partial charge is 0.131 e. The molecule has 1 aliphatic heterocycles. The number of hydrogen-bond donors (Lipinski definition) is 2. The van der Waals surface area contributed by atoms with Crippen LogP contribution in [0.4, 0.5) is 11.6 Å². The standard InChI is InChI=1S/C21H21ClN4/c1-13-9-11-26(20-5-3-4-19(23)25-20)12-17(13)14(2)15-6-7-18(22)21-16(15)8-10-24-21/h3-8,10,24H,1,9,11-12H2,2H3,(H2,23,25)/b17-14+. The van der Waals surface area contributed by atoms with Gasteiger partial charge in [-0.15, -0.1) is 0 Å². The number of H-pyrrole nitrogens is 1. The molecule has 0 radical (unpaired) electrons. The van der Waals surface area contributed by atoms with Gasteiger partial charge < -0.3 is 15.6 Å². The van der Waals surface area contributed by atoms with Gasteiger partial charge in [-0.3, -0.25) is 0 Å². The van der Waals surface area contributed by atoms with Gasteiger partial charge in [0, 0.05) is 24.7 Å². The Labute approximate surface area is 158 Å². The fourth-order valence-electron chi connectivity index (χ4n) is 3.61. The molecule has 26 heavy (non-hydrogen) atoms. The van der Waals surface area contributed by atoms with Gasteiger partial charge in [0.25, 0.3) is 0 Å². The van der Waals surface area contributed by atoms with Gasteiger partial charge in [0.2, 0.25) is 0 Å². The van der Waals surface area contributed by atoms with Gasteiger partial charge in [-0.2, -0.15) is 0 Å². The Morgan fingerprint density at radius 3 is 2.92 bits per heavy atom. The second-order valence-corrected chi connectivity index (χ2v) is 7.07. The van der Waals surface area contributed by atoms with Crippen LogP contribution in [0.2, 0.25) is 5.02 Å². The molecule has 0 aliphatic carbocycles. The van der Waals surface area contributed by atoms with Crippen molar-refractivity contribution in [2.45, 2.75) is 13.3 Å². The van der Waals surface area contributed by atoms with Crippen LogP contribution in [0.1, 0.15) is 18.9 Å². The number of nitrogen functional groups attached to an aromatic ring is 1. The molecule has 132 valence electrons. The van der Waals surface area contributed by atoms with Gasteiger partial charge in [0.15, 0.2) is 0 Å². The highest BCUT2D eigenvalue weighted by atomic mass is 35.5. The molecule has 4 rings (SSSR count). The summed E-state index contributed by atoms with van der Waals surface area (Å²) in [6.07, 6.45) is 2.84. The molecule has 1 saturated heterocycles. The van der Waals surface area contributed by atoms with Crippen LogP contribution < -0.4 is 10.6 Å². The molecule has 0 saturated carbocycles. The number of aromatic amines is 1. The summed E-state index contributed by atoms with van der Waals surface area (Å²) in [4.78, 5) is 9.96. The number of pyridine rings is 1. The van der Waals surface area contributed by atoms with Crippen LogP contribution in [0.3, 0.4) is 0 Å². The van der Waals surface area contributed by atoms with Crippen molar-refractivity contribution in [2.75, 3.05) is 23.7 Å². The normalized spacial score (nSPS) is 17.0. The first-order valence-corrected chi connectivity index (χ1v) is 9.03. The summed E-state index contributed by atoms with van der Waals surface area (Å²) in [6, 6.07) is 11.9. The maximum atomic E-state index is 6.31. The summed E-state index contributed by atoms with van der Waals surface area (Å²) in [5, 5.41) is 1.87. The van der Waals surface area contributed by atoms with E-state index in [2.05, 4.69) is 40.5 Å². The molecule has 5 heteroatoms. The number of fused-ring (bicyclic) bond motifs is 1. The lowest BCUT2D eigenvalue weighted by molar-refractivity contribution is 0.759. The minimum absolute atomic E-state index is 0.542. The van der Waals surface area contributed by atoms with Crippen LogP contribution in [-0.4, -0.2) is 23.1 Å². The van der Waals surface area contributed by atoms with Gasteiger partial charge in [0.05, 0.1) is 10.5 Å². The molecule has 0 spiro atoms. The molecule has 0 unspecified atom stereocenters. The maximum Gasteiger partial charge on any atom is 0.131 e. The van der Waals surface area contributed by atoms with E-state index in [1.165, 1.54) is 22.3 Å². The van der Waals surface area contributed by atoms with Gasteiger partial charge in [-0.25, -0.2) is 4.98 Å². The van der Waals surface area contributed by atoms with Crippen molar-refractivity contribution in [1.29, 1.82) is 0 Å². The zero-order valence-electron chi connectivity index (χ0n) is 14.7. The number of piperidine rings is 1. The summed E-state index contributed by atoms with van der Waals surface area (Å²) in [5.41, 5.74) is 11.7. The third-order valence-electron chi connectivity index (χ3n) is 5.07. The minimum Gasteiger partial charge on any atom is -0.384 e. The average molecular weight is 365 g/mol. The van der Waals surface area contributed by atoms with E-state index in [0.717, 1.165) is 41.3 Å². The summed E-state index contributed by atoms with van der Waals surface area (Å²) >= 11 is 6.31. The van der Waals surface area contributed by atoms with Crippen LogP contribution in [0, 0.1) is 0 Å². The summed E-state index contributed by atoms with van der Waals surface area (Å²) in [6.45, 7) is 8.14. The van der Waals surface area contributed by atoms with E-state index in [-0.39, 0.29) is 0 Å². The summed E-state index contributed by atoms with van der Waals surface area (Å²) in [5.74, 6) is 1.45. The van der Waals surface area contributed by atoms with Crippen molar-refractivity contribution in [2.24, 2.45) is 0 Å². The number of hydrogen-bond acceptors (Lipinski definition) is 3. The molecule has 3 N–H and O–H groups in total. The van der Waals surface area contributed by atoms with E-state index in [9.17, 15) is 0 Å². The molecule has 3 heterocycles. The molecule has 1 fully saturated rings. The van der Waals surface area contributed by atoms with Crippen molar-refractivity contribution in [3.8, 4) is 0 Å². The number of rotatable bonds is 2. The molecule has 4 nitrogen and oxygen atoms in total. The van der Waals surface area contributed by atoms with Crippen molar-refractivity contribution in [1.82, 2.24) is 9.97 Å². The Hall–Kier alpha value is -2.72. The molecule has 0 amide bonds. The van der Waals surface area contributed by atoms with Gasteiger partial charge in [-0.05, 0) is 59.9 Å². The predicted molar refractivity (Wildman–Crippen MR) is 111 cm³/mol. The second kappa shape index (κ2) is 6.54. The molecular weight excluding hydrogens is 344 g/mol. The zero-order chi connectivity index (χ0) is 18.3. The van der Waals surface area contributed by atoms with E-state index in [1.54, 1.807) is 0 Å². The lowest BCUT2D eigenvalue weighted by Gasteiger charge is -2.32. The molecule has 3 aromatic rings. The van der Waals surface area contributed by atoms with Crippen molar-refractivity contribution in [3.63, 3.8) is 0 Å². The van der Waals surface area contributed by atoms with Crippen molar-refractivity contribution < 1.29 is 0 Å². The molecule has 2 aromatic heterocycles. The second-order valence-electron chi connectivity index (χ2n) is 6.66. The Bertz CT molecular complexity index is 1030. The van der Waals surface area contributed by atoms with Crippen LogP contribution in [0.15, 0.2) is 60.3 Å². The third-order valence-corrected chi connectivity index (χ3v) is 5.38. The minimum atomic E-state index is 0.542. The quantitative estimate of drug-likeness (QED) is 0.669. The number of benzene rings is 1. The molecule has 0 bridgehead atoms. The fraction of sp³-hybridized carbons (Fsp3) is 0.190. The lowest BCUT2D eigenvalue weighted by Crippen LogP contribution is -2.33. The number of allylic oxidation sites excluding steroid dienone is 1. The molecular formula is C21H21ClN4. The number of aromatic nitrogens is 2. The molecule has 1 aromatic carbocycles. The van der Waals surface area contributed by atoms with E-state index >= 15 is 0 Å². The Morgan fingerprint density at radius 1 is 1.27 bits per heavy atom. The number of nitrogens with two attached hydrogens (primary N) is 1. The van der Waals surface area contributed by atoms with E-state index < -0.39 is 0 Å². The van der Waals surface area contributed by atoms with Gasteiger partial charge in [0.1, 0.15) is 11.6 Å². The van der Waals surface area contributed by atoms with Crippen LogP contribution >= 0.6 is 11.6 Å². The fourth-order valence-corrected chi connectivity index (χ4v) is 3.83. The van der Waals surface area contributed by atoms with Crippen molar-refractivity contribution in [3.05, 3.63) is 70.9 Å². The van der Waals surface area contributed by atoms with Crippen LogP contribution in [0.5, 0.6) is 0 Å². The largest absolute Gasteiger partial charge is 0.384 e. The van der Waals surface area contributed by atoms with Crippen molar-refractivity contribution >= 4 is 39.7 Å². The molecule has 1 aliphatic rings. The summed E-state index contributed by atoms with van der Waals surface area (Å²) in [7, 11) is 0. The zero-order valence-corrected chi connectivity index (χ0v) is 15.5. The maximum absolute atomic E-state index is 6.31. The highest BCUT2D eigenvalue weighted by molar-refractivity contribution is 6.35. The Kier molecular flexibility index (Phi) is 4.21. The first-order chi connectivity index (χ1) is 12.5. The highest BCUT2D eigenvalue weighted by Gasteiger charge is 2.22. The van der Waals surface area contributed by atoms with E-state index in [4.69, 9.17) is 17.3 Å². The van der Waals surface area contributed by atoms with E-state index in [0.29, 0.717) is 5.82 Å². The van der Waals surface area contributed by atoms with Crippen LogP contribution in [-0.2, 0) is 0 Å². The molecule has 0 atom stereocenters. The number of halogens is 1. The lowest BCUT2D eigenvalue weighted by atomic mass is 9.90. The predicted octanol–water partition coefficient (Wildman–Crippen LogP) is 5.04. The van der Waals surface area contributed by atoms with E-state index in [1.807, 2.05) is 30.5 Å². The average Bonchev–Trinajstić information content (AvgIpc) is 3.13.